The van der Waals surface area contributed by atoms with Crippen LogP contribution in [-0.4, -0.2) is 29.5 Å². The van der Waals surface area contributed by atoms with Crippen LogP contribution in [0.3, 0.4) is 0 Å². The van der Waals surface area contributed by atoms with E-state index in [4.69, 9.17) is 15.1 Å². The maximum atomic E-state index is 12.1. The van der Waals surface area contributed by atoms with E-state index in [1.807, 2.05) is 58.0 Å². The molecule has 0 spiro atoms. The van der Waals surface area contributed by atoms with Gasteiger partial charge in [-0.25, -0.2) is 9.79 Å². The highest BCUT2D eigenvalue weighted by atomic mass is 16.6. The van der Waals surface area contributed by atoms with Crippen LogP contribution in [0, 0.1) is 12.3 Å². The van der Waals surface area contributed by atoms with E-state index < -0.39 is 11.7 Å². The number of rotatable bonds is 10. The summed E-state index contributed by atoms with van der Waals surface area (Å²) < 4.78 is 5.36. The molecule has 0 unspecified atom stereocenters. The van der Waals surface area contributed by atoms with Gasteiger partial charge in [0, 0.05) is 30.1 Å². The van der Waals surface area contributed by atoms with E-state index >= 15 is 0 Å². The fourth-order valence-electron chi connectivity index (χ4n) is 4.36. The highest BCUT2D eigenvalue weighted by Gasteiger charge is 2.17. The van der Waals surface area contributed by atoms with E-state index in [0.717, 1.165) is 39.1 Å². The highest BCUT2D eigenvalue weighted by molar-refractivity contribution is 6.15. The third-order valence-corrected chi connectivity index (χ3v) is 6.23. The van der Waals surface area contributed by atoms with Crippen LogP contribution in [0.15, 0.2) is 107 Å². The second-order valence-electron chi connectivity index (χ2n) is 10.6. The molecular weight excluding hydrogens is 508 g/mol. The standard InChI is InChI=1S/C35H40N4O2/c1-7-28(24-37-8-2)33(36)39-31(32-25(3)14-12-19-30(32)29-17-10-9-11-18-29)21-20-26-15-13-16-27(22-26)23-38-34(40)41-35(4,5)6/h7-19,22,24,36H,1,20-21,23H2,2-6H3,(H,38,40)/b28-24+,36-33?,37-8?,39-31?. The number of carbonyl (C=O) groups excluding carboxylic acids is 1. The van der Waals surface area contributed by atoms with Crippen molar-refractivity contribution >= 4 is 23.9 Å². The zero-order valence-electron chi connectivity index (χ0n) is 24.7. The average Bonchev–Trinajstić information content (AvgIpc) is 2.94. The number of carbonyl (C=O) groups is 1. The van der Waals surface area contributed by atoms with Crippen LogP contribution in [0.25, 0.3) is 11.1 Å². The number of benzene rings is 3. The summed E-state index contributed by atoms with van der Waals surface area (Å²) in [6.07, 6.45) is 5.75. The van der Waals surface area contributed by atoms with E-state index in [1.165, 1.54) is 0 Å². The normalized spacial score (nSPS) is 12.3. The molecule has 0 aliphatic rings. The fraction of sp³-hybridized carbons (Fsp3) is 0.257. The minimum Gasteiger partial charge on any atom is -0.444 e. The molecule has 41 heavy (non-hydrogen) atoms. The first-order valence-corrected chi connectivity index (χ1v) is 13.8. The van der Waals surface area contributed by atoms with Gasteiger partial charge in [-0.2, -0.15) is 0 Å². The van der Waals surface area contributed by atoms with E-state index in [2.05, 4.69) is 66.3 Å². The van der Waals surface area contributed by atoms with E-state index in [9.17, 15) is 4.79 Å². The molecule has 3 aromatic carbocycles. The predicted molar refractivity (Wildman–Crippen MR) is 171 cm³/mol. The second-order valence-corrected chi connectivity index (χ2v) is 10.6. The van der Waals surface area contributed by atoms with Crippen molar-refractivity contribution in [3.05, 3.63) is 119 Å². The Bertz CT molecular complexity index is 1460. The molecule has 212 valence electrons. The third-order valence-electron chi connectivity index (χ3n) is 6.23. The Hall–Kier alpha value is -4.58. The zero-order valence-corrected chi connectivity index (χ0v) is 24.7. The summed E-state index contributed by atoms with van der Waals surface area (Å²) in [6, 6.07) is 24.6. The molecule has 0 saturated carbocycles. The van der Waals surface area contributed by atoms with Crippen LogP contribution >= 0.6 is 0 Å². The lowest BCUT2D eigenvalue weighted by Gasteiger charge is -2.19. The summed E-state index contributed by atoms with van der Waals surface area (Å²) >= 11 is 0. The minimum atomic E-state index is -0.549. The second kappa shape index (κ2) is 14.7. The molecule has 0 bridgehead atoms. The van der Waals surface area contributed by atoms with Gasteiger partial charge in [0.15, 0.2) is 5.84 Å². The molecule has 1 amide bonds. The van der Waals surface area contributed by atoms with Gasteiger partial charge in [-0.3, -0.25) is 10.4 Å². The summed E-state index contributed by atoms with van der Waals surface area (Å²) in [6.45, 7) is 13.7. The number of aryl methyl sites for hydroxylation is 2. The van der Waals surface area contributed by atoms with Gasteiger partial charge in [0.2, 0.25) is 0 Å². The van der Waals surface area contributed by atoms with Gasteiger partial charge in [0.25, 0.3) is 0 Å². The van der Waals surface area contributed by atoms with Crippen molar-refractivity contribution in [3.8, 4) is 11.1 Å². The maximum absolute atomic E-state index is 12.1. The van der Waals surface area contributed by atoms with Crippen LogP contribution in [0.5, 0.6) is 0 Å². The van der Waals surface area contributed by atoms with Crippen LogP contribution in [0.2, 0.25) is 0 Å². The molecular formula is C35H40N4O2. The molecule has 0 aliphatic carbocycles. The predicted octanol–water partition coefficient (Wildman–Crippen LogP) is 8.25. The lowest BCUT2D eigenvalue weighted by atomic mass is 9.90. The van der Waals surface area contributed by atoms with Crippen LogP contribution in [0.4, 0.5) is 4.79 Å². The van der Waals surface area contributed by atoms with Crippen molar-refractivity contribution in [2.24, 2.45) is 9.98 Å². The summed E-state index contributed by atoms with van der Waals surface area (Å²) in [5, 5.41) is 11.6. The molecule has 0 aliphatic heterocycles. The molecule has 0 atom stereocenters. The minimum absolute atomic E-state index is 0.109. The zero-order chi connectivity index (χ0) is 29.8. The molecule has 3 rings (SSSR count). The van der Waals surface area contributed by atoms with Gasteiger partial charge in [-0.15, -0.1) is 0 Å². The number of alkyl carbamates (subject to hydrolysis) is 1. The van der Waals surface area contributed by atoms with Gasteiger partial charge < -0.3 is 10.1 Å². The van der Waals surface area contributed by atoms with E-state index in [-0.39, 0.29) is 5.84 Å². The number of nitrogens with zero attached hydrogens (tertiary/aromatic N) is 2. The average molecular weight is 549 g/mol. The molecule has 0 aromatic heterocycles. The molecule has 0 radical (unpaired) electrons. The lowest BCUT2D eigenvalue weighted by molar-refractivity contribution is 0.0523. The quantitative estimate of drug-likeness (QED) is 0.152. The molecule has 6 heteroatoms. The number of hydrogen-bond donors (Lipinski definition) is 2. The SMILES string of the molecule is C=C/C(=C\N=CC)C(=N)N=C(CCc1cccc(CNC(=O)OC(C)(C)C)c1)c1c(C)cccc1-c1ccccc1. The molecule has 3 aromatic rings. The first-order valence-electron chi connectivity index (χ1n) is 13.8. The van der Waals surface area contributed by atoms with Crippen LogP contribution in [0.1, 0.15) is 56.4 Å². The Labute approximate surface area is 244 Å². The number of hydrogen-bond acceptors (Lipinski definition) is 4. The summed E-state index contributed by atoms with van der Waals surface area (Å²) in [4.78, 5) is 21.2. The Balaban J connectivity index is 1.95. The lowest BCUT2D eigenvalue weighted by Crippen LogP contribution is -2.32. The number of aliphatic imine (C=N–C) groups is 2. The van der Waals surface area contributed by atoms with Crippen molar-refractivity contribution in [1.82, 2.24) is 5.32 Å². The topological polar surface area (TPSA) is 86.9 Å². The van der Waals surface area contributed by atoms with Gasteiger partial charge >= 0.3 is 6.09 Å². The Morgan fingerprint density at radius 2 is 1.73 bits per heavy atom. The van der Waals surface area contributed by atoms with Crippen molar-refractivity contribution < 1.29 is 9.53 Å². The molecule has 0 heterocycles. The van der Waals surface area contributed by atoms with Crippen molar-refractivity contribution in [3.63, 3.8) is 0 Å². The van der Waals surface area contributed by atoms with Crippen LogP contribution < -0.4 is 5.32 Å². The van der Waals surface area contributed by atoms with Gasteiger partial charge in [-0.05, 0) is 75.3 Å². The number of ether oxygens (including phenoxy) is 1. The Kier molecular flexibility index (Phi) is 11.1. The monoisotopic (exact) mass is 548 g/mol. The largest absolute Gasteiger partial charge is 0.444 e. The first-order chi connectivity index (χ1) is 19.6. The smallest absolute Gasteiger partial charge is 0.407 e. The summed E-state index contributed by atoms with van der Waals surface area (Å²) in [7, 11) is 0. The van der Waals surface area contributed by atoms with Crippen molar-refractivity contribution in [2.75, 3.05) is 0 Å². The molecule has 6 nitrogen and oxygen atoms in total. The van der Waals surface area contributed by atoms with E-state index in [1.54, 1.807) is 18.5 Å². The van der Waals surface area contributed by atoms with Crippen molar-refractivity contribution in [2.45, 2.75) is 59.6 Å². The van der Waals surface area contributed by atoms with Gasteiger partial charge in [0.1, 0.15) is 5.60 Å². The molecule has 2 N–H and O–H groups in total. The summed E-state index contributed by atoms with van der Waals surface area (Å²) in [5.41, 5.74) is 7.18. The maximum Gasteiger partial charge on any atom is 0.407 e. The van der Waals surface area contributed by atoms with Crippen LogP contribution in [-0.2, 0) is 17.7 Å². The Morgan fingerprint density at radius 1 is 1.02 bits per heavy atom. The first kappa shape index (κ1) is 31.0. The third kappa shape index (κ3) is 9.53. The summed E-state index contributed by atoms with van der Waals surface area (Å²) in [5.74, 6) is 0.109. The van der Waals surface area contributed by atoms with E-state index in [0.29, 0.717) is 25.0 Å². The van der Waals surface area contributed by atoms with Crippen molar-refractivity contribution in [1.29, 1.82) is 5.41 Å². The van der Waals surface area contributed by atoms with Gasteiger partial charge in [-0.1, -0.05) is 85.5 Å². The molecule has 0 saturated heterocycles. The fourth-order valence-corrected chi connectivity index (χ4v) is 4.36. The number of nitrogens with one attached hydrogen (secondary N) is 2. The number of amides is 1. The Morgan fingerprint density at radius 3 is 2.41 bits per heavy atom. The highest BCUT2D eigenvalue weighted by Crippen LogP contribution is 2.28. The van der Waals surface area contributed by atoms with Gasteiger partial charge in [0.05, 0.1) is 5.71 Å². The molecule has 0 fully saturated rings. The number of amidine groups is 1.